The molecule has 0 bridgehead atoms. The van der Waals surface area contributed by atoms with Gasteiger partial charge in [-0.15, -0.1) is 11.3 Å². The predicted octanol–water partition coefficient (Wildman–Crippen LogP) is 6.63. The third-order valence-electron chi connectivity index (χ3n) is 4.54. The maximum atomic E-state index is 11.4. The lowest BCUT2D eigenvalue weighted by Crippen LogP contribution is -1.99. The molecule has 2 aromatic carbocycles. The second-order valence-corrected chi connectivity index (χ2v) is 9.08. The van der Waals surface area contributed by atoms with Gasteiger partial charge >= 0.3 is 5.97 Å². The van der Waals surface area contributed by atoms with Gasteiger partial charge in [0, 0.05) is 15.3 Å². The van der Waals surface area contributed by atoms with Gasteiger partial charge in [-0.1, -0.05) is 23.7 Å². The Balaban J connectivity index is 1.67. The maximum absolute atomic E-state index is 11.4. The van der Waals surface area contributed by atoms with Crippen LogP contribution in [-0.4, -0.2) is 11.1 Å². The second-order valence-electron chi connectivity index (χ2n) is 6.51. The number of hydrogen-bond donors (Lipinski definition) is 2. The molecule has 140 valence electrons. The van der Waals surface area contributed by atoms with E-state index < -0.39 is 5.97 Å². The average molecular weight is 427 g/mol. The Kier molecular flexibility index (Phi) is 5.31. The third-order valence-corrected chi connectivity index (χ3v) is 6.70. The summed E-state index contributed by atoms with van der Waals surface area (Å²) in [7, 11) is 0. The van der Waals surface area contributed by atoms with Crippen molar-refractivity contribution in [2.45, 2.75) is 23.7 Å². The van der Waals surface area contributed by atoms with Crippen molar-refractivity contribution < 1.29 is 9.90 Å². The van der Waals surface area contributed by atoms with Crippen LogP contribution in [0.25, 0.3) is 10.4 Å². The number of halogens is 1. The summed E-state index contributed by atoms with van der Waals surface area (Å²) < 4.78 is 4.03. The van der Waals surface area contributed by atoms with Gasteiger partial charge in [0.2, 0.25) is 0 Å². The van der Waals surface area contributed by atoms with E-state index in [4.69, 9.17) is 11.6 Å². The zero-order chi connectivity index (χ0) is 19.7. The Hall–Kier alpha value is -2.46. The molecule has 28 heavy (non-hydrogen) atoms. The number of carboxylic acid groups (broad SMARTS) is 1. The number of benzene rings is 2. The van der Waals surface area contributed by atoms with E-state index in [1.54, 1.807) is 24.3 Å². The lowest BCUT2D eigenvalue weighted by molar-refractivity contribution is 0.0696. The van der Waals surface area contributed by atoms with Crippen molar-refractivity contribution in [1.82, 2.24) is 0 Å². The Bertz CT molecular complexity index is 1100. The van der Waals surface area contributed by atoms with Crippen LogP contribution in [0.15, 0.2) is 53.4 Å². The number of carbonyl (C=O) groups is 1. The van der Waals surface area contributed by atoms with E-state index in [1.807, 2.05) is 24.3 Å². The van der Waals surface area contributed by atoms with E-state index in [-0.39, 0.29) is 5.56 Å². The highest BCUT2D eigenvalue weighted by molar-refractivity contribution is 8.00. The van der Waals surface area contributed by atoms with Crippen molar-refractivity contribution in [3.8, 4) is 16.5 Å². The molecule has 2 N–H and O–H groups in total. The molecule has 0 amide bonds. The summed E-state index contributed by atoms with van der Waals surface area (Å²) in [4.78, 5) is 13.3. The van der Waals surface area contributed by atoms with Gasteiger partial charge in [0.25, 0.3) is 0 Å². The van der Waals surface area contributed by atoms with Gasteiger partial charge in [0.1, 0.15) is 0 Å². The number of carboxylic acids is 1. The Morgan fingerprint density at radius 1 is 1.21 bits per heavy atom. The molecule has 4 nitrogen and oxygen atoms in total. The van der Waals surface area contributed by atoms with Crippen LogP contribution >= 0.6 is 34.9 Å². The quantitative estimate of drug-likeness (QED) is 0.432. The molecule has 0 unspecified atom stereocenters. The van der Waals surface area contributed by atoms with Crippen LogP contribution < -0.4 is 4.72 Å². The molecular weight excluding hydrogens is 412 g/mol. The first-order valence-electron chi connectivity index (χ1n) is 8.65. The molecule has 0 aliphatic heterocycles. The number of nitriles is 1. The molecule has 4 rings (SSSR count). The number of hydrogen-bond acceptors (Lipinski definition) is 5. The Labute approximate surface area is 175 Å². The normalized spacial score (nSPS) is 13.1. The van der Waals surface area contributed by atoms with Crippen molar-refractivity contribution in [1.29, 1.82) is 5.26 Å². The fraction of sp³-hybridized carbons (Fsp3) is 0.143. The van der Waals surface area contributed by atoms with Gasteiger partial charge < -0.3 is 9.83 Å². The average Bonchev–Trinajstić information content (AvgIpc) is 3.46. The first-order valence-corrected chi connectivity index (χ1v) is 10.7. The molecule has 0 saturated heterocycles. The molecule has 3 aromatic rings. The molecule has 1 aliphatic rings. The summed E-state index contributed by atoms with van der Waals surface area (Å²) in [6, 6.07) is 16.7. The van der Waals surface area contributed by atoms with Crippen molar-refractivity contribution in [3.63, 3.8) is 0 Å². The maximum Gasteiger partial charge on any atom is 0.335 e. The van der Waals surface area contributed by atoms with Crippen LogP contribution in [0.3, 0.4) is 0 Å². The summed E-state index contributed by atoms with van der Waals surface area (Å²) >= 11 is 8.94. The highest BCUT2D eigenvalue weighted by Crippen LogP contribution is 2.45. The summed E-state index contributed by atoms with van der Waals surface area (Å²) in [6.07, 6.45) is 2.26. The van der Waals surface area contributed by atoms with Crippen LogP contribution in [0.1, 0.15) is 40.2 Å². The monoisotopic (exact) mass is 426 g/mol. The van der Waals surface area contributed by atoms with E-state index in [9.17, 15) is 15.2 Å². The van der Waals surface area contributed by atoms with E-state index in [2.05, 4.69) is 10.8 Å². The molecule has 0 radical (unpaired) electrons. The number of aromatic carboxylic acids is 1. The predicted molar refractivity (Wildman–Crippen MR) is 114 cm³/mol. The molecule has 1 aliphatic carbocycles. The van der Waals surface area contributed by atoms with E-state index in [1.165, 1.54) is 28.8 Å². The molecule has 1 saturated carbocycles. The second kappa shape index (κ2) is 7.88. The Morgan fingerprint density at radius 3 is 2.68 bits per heavy atom. The number of rotatable bonds is 6. The van der Waals surface area contributed by atoms with Gasteiger partial charge in [0.05, 0.1) is 27.2 Å². The van der Waals surface area contributed by atoms with Crippen molar-refractivity contribution in [3.05, 3.63) is 69.6 Å². The fourth-order valence-corrected chi connectivity index (χ4v) is 4.98. The highest BCUT2D eigenvalue weighted by Gasteiger charge is 2.27. The number of nitrogens with zero attached hydrogens (tertiary/aromatic N) is 1. The minimum absolute atomic E-state index is 0.268. The summed E-state index contributed by atoms with van der Waals surface area (Å²) in [5, 5.41) is 18.6. The summed E-state index contributed by atoms with van der Waals surface area (Å²) in [6.45, 7) is 0. The first kappa shape index (κ1) is 18.9. The lowest BCUT2D eigenvalue weighted by Gasteiger charge is -2.14. The van der Waals surface area contributed by atoms with Crippen LogP contribution in [0.5, 0.6) is 0 Å². The van der Waals surface area contributed by atoms with E-state index >= 15 is 0 Å². The zero-order valence-corrected chi connectivity index (χ0v) is 17.0. The smallest absolute Gasteiger partial charge is 0.335 e. The molecule has 7 heteroatoms. The zero-order valence-electron chi connectivity index (χ0n) is 14.6. The number of anilines is 1. The van der Waals surface area contributed by atoms with Gasteiger partial charge in [-0.2, -0.15) is 5.26 Å². The van der Waals surface area contributed by atoms with Crippen molar-refractivity contribution in [2.24, 2.45) is 0 Å². The van der Waals surface area contributed by atoms with E-state index in [0.29, 0.717) is 15.8 Å². The van der Waals surface area contributed by atoms with Crippen LogP contribution in [0.4, 0.5) is 5.69 Å². The van der Waals surface area contributed by atoms with Crippen molar-refractivity contribution in [2.75, 3.05) is 4.72 Å². The lowest BCUT2D eigenvalue weighted by atomic mass is 10.1. The molecule has 0 atom stereocenters. The van der Waals surface area contributed by atoms with Gasteiger partial charge in [0.15, 0.2) is 0 Å². The molecule has 1 heterocycles. The largest absolute Gasteiger partial charge is 0.478 e. The first-order chi connectivity index (χ1) is 13.5. The minimum Gasteiger partial charge on any atom is -0.478 e. The topological polar surface area (TPSA) is 73.1 Å². The molecular formula is C21H15ClN2O2S2. The van der Waals surface area contributed by atoms with Gasteiger partial charge in [-0.25, -0.2) is 4.79 Å². The fourth-order valence-electron chi connectivity index (χ4n) is 2.97. The standard InChI is InChI=1S/C21H15ClN2O2S2/c22-20-8-7-18(27-20)16-5-1-12(11-23)9-17(16)24-28-19-10-14(21(25)26)4-6-15(19)13-2-3-13/h1,4-10,13,24H,2-3H2,(H,25,26). The minimum atomic E-state index is -0.940. The molecule has 1 aromatic heterocycles. The SMILES string of the molecule is N#Cc1ccc(-c2ccc(Cl)s2)c(NSc2cc(C(=O)O)ccc2C2CC2)c1. The number of nitrogens with one attached hydrogen (secondary N) is 1. The summed E-state index contributed by atoms with van der Waals surface area (Å²) in [5.41, 5.74) is 3.73. The van der Waals surface area contributed by atoms with Crippen LogP contribution in [0, 0.1) is 11.3 Å². The Morgan fingerprint density at radius 2 is 2.04 bits per heavy atom. The molecule has 0 spiro atoms. The van der Waals surface area contributed by atoms with E-state index in [0.717, 1.165) is 33.9 Å². The van der Waals surface area contributed by atoms with Crippen LogP contribution in [0.2, 0.25) is 4.34 Å². The van der Waals surface area contributed by atoms with Crippen LogP contribution in [-0.2, 0) is 0 Å². The third kappa shape index (κ3) is 4.02. The highest BCUT2D eigenvalue weighted by atomic mass is 35.5. The van der Waals surface area contributed by atoms with Crippen molar-refractivity contribution >= 4 is 46.5 Å². The number of thiophene rings is 1. The van der Waals surface area contributed by atoms with Gasteiger partial charge in [-0.3, -0.25) is 0 Å². The molecule has 1 fully saturated rings. The summed E-state index contributed by atoms with van der Waals surface area (Å²) in [5.74, 6) is -0.447. The van der Waals surface area contributed by atoms with Gasteiger partial charge in [-0.05, 0) is 72.7 Å².